The van der Waals surface area contributed by atoms with Crippen LogP contribution in [-0.4, -0.2) is 66.3 Å². The molecule has 1 unspecified atom stereocenters. The molecule has 3 aromatic carbocycles. The van der Waals surface area contributed by atoms with Gasteiger partial charge in [0.25, 0.3) is 0 Å². The van der Waals surface area contributed by atoms with E-state index in [0.717, 1.165) is 65.1 Å². The molecule has 0 bridgehead atoms. The smallest absolute Gasteiger partial charge is 0.221 e. The van der Waals surface area contributed by atoms with Crippen molar-refractivity contribution >= 4 is 39.1 Å². The van der Waals surface area contributed by atoms with Crippen molar-refractivity contribution < 1.29 is 14.6 Å². The third-order valence-corrected chi connectivity index (χ3v) is 6.32. The normalized spacial score (nSPS) is 15.5. The van der Waals surface area contributed by atoms with Crippen LogP contribution in [0.15, 0.2) is 66.7 Å². The Morgan fingerprint density at radius 2 is 1.74 bits per heavy atom. The van der Waals surface area contributed by atoms with Gasteiger partial charge in [0.1, 0.15) is 18.5 Å². The molecule has 0 spiro atoms. The molecule has 176 valence electrons. The lowest BCUT2D eigenvalue weighted by Crippen LogP contribution is -2.49. The van der Waals surface area contributed by atoms with E-state index in [-0.39, 0.29) is 12.5 Å². The average Bonchev–Trinajstić information content (AvgIpc) is 3.23. The van der Waals surface area contributed by atoms with Crippen molar-refractivity contribution in [2.75, 3.05) is 49.5 Å². The number of amides is 1. The summed E-state index contributed by atoms with van der Waals surface area (Å²) in [6, 6.07) is 22.0. The summed E-state index contributed by atoms with van der Waals surface area (Å²) in [6.45, 7) is 5.66. The summed E-state index contributed by atoms with van der Waals surface area (Å²) >= 11 is 0. The molecule has 7 nitrogen and oxygen atoms in total. The first-order chi connectivity index (χ1) is 16.6. The molecule has 34 heavy (non-hydrogen) atoms. The Bertz CT molecular complexity index is 1290. The minimum atomic E-state index is -0.585. The van der Waals surface area contributed by atoms with Crippen molar-refractivity contribution in [3.8, 4) is 5.75 Å². The summed E-state index contributed by atoms with van der Waals surface area (Å²) in [6.07, 6.45) is -0.585. The zero-order valence-electron chi connectivity index (χ0n) is 19.3. The molecule has 1 atom stereocenters. The fourth-order valence-corrected chi connectivity index (χ4v) is 4.74. The van der Waals surface area contributed by atoms with Crippen LogP contribution in [0.25, 0.3) is 21.8 Å². The maximum Gasteiger partial charge on any atom is 0.221 e. The van der Waals surface area contributed by atoms with Crippen LogP contribution in [0, 0.1) is 0 Å². The van der Waals surface area contributed by atoms with Crippen LogP contribution < -0.4 is 15.0 Å². The van der Waals surface area contributed by atoms with Gasteiger partial charge in [0.15, 0.2) is 0 Å². The Labute approximate surface area is 198 Å². The number of nitrogens with zero attached hydrogens (tertiary/aromatic N) is 2. The number of hydrogen-bond acceptors (Lipinski definition) is 5. The van der Waals surface area contributed by atoms with Gasteiger partial charge in [-0.15, -0.1) is 0 Å². The lowest BCUT2D eigenvalue weighted by Gasteiger charge is -2.37. The number of anilines is 2. The highest BCUT2D eigenvalue weighted by Gasteiger charge is 2.22. The van der Waals surface area contributed by atoms with Crippen molar-refractivity contribution in [2.24, 2.45) is 0 Å². The van der Waals surface area contributed by atoms with E-state index in [1.165, 1.54) is 6.92 Å². The molecule has 4 aromatic rings. The molecule has 2 heterocycles. The molecule has 1 aliphatic heterocycles. The number of aliphatic hydroxyl groups is 1. The van der Waals surface area contributed by atoms with Gasteiger partial charge in [0.2, 0.25) is 5.91 Å². The molecule has 1 fully saturated rings. The summed E-state index contributed by atoms with van der Waals surface area (Å²) in [4.78, 5) is 19.5. The summed E-state index contributed by atoms with van der Waals surface area (Å²) in [5.74, 6) is 0.714. The van der Waals surface area contributed by atoms with E-state index < -0.39 is 6.10 Å². The quantitative estimate of drug-likeness (QED) is 0.392. The third-order valence-electron chi connectivity index (χ3n) is 6.32. The van der Waals surface area contributed by atoms with Crippen LogP contribution in [0.5, 0.6) is 5.75 Å². The van der Waals surface area contributed by atoms with Gasteiger partial charge in [-0.1, -0.05) is 36.4 Å². The fraction of sp³-hybridized carbons (Fsp3) is 0.296. The first kappa shape index (κ1) is 22.3. The number of hydrogen-bond donors (Lipinski definition) is 3. The molecule has 3 N–H and O–H groups in total. The Morgan fingerprint density at radius 1 is 1.00 bits per heavy atom. The van der Waals surface area contributed by atoms with E-state index >= 15 is 0 Å². The van der Waals surface area contributed by atoms with Crippen LogP contribution in [0.4, 0.5) is 11.4 Å². The van der Waals surface area contributed by atoms with Gasteiger partial charge in [-0.3, -0.25) is 9.69 Å². The monoisotopic (exact) mass is 458 g/mol. The van der Waals surface area contributed by atoms with Crippen LogP contribution in [0.1, 0.15) is 6.92 Å². The highest BCUT2D eigenvalue weighted by atomic mass is 16.5. The maximum atomic E-state index is 11.5. The van der Waals surface area contributed by atoms with Gasteiger partial charge in [-0.25, -0.2) is 0 Å². The number of para-hydroxylation sites is 3. The van der Waals surface area contributed by atoms with Crippen molar-refractivity contribution in [2.45, 2.75) is 13.0 Å². The molecule has 7 heteroatoms. The number of rotatable bonds is 7. The molecule has 5 rings (SSSR count). The molecule has 1 amide bonds. The van der Waals surface area contributed by atoms with Crippen molar-refractivity contribution in [1.29, 1.82) is 0 Å². The minimum absolute atomic E-state index is 0.0717. The predicted molar refractivity (Wildman–Crippen MR) is 137 cm³/mol. The first-order valence-electron chi connectivity index (χ1n) is 11.7. The molecule has 1 aromatic heterocycles. The second-order valence-electron chi connectivity index (χ2n) is 8.80. The van der Waals surface area contributed by atoms with E-state index in [0.29, 0.717) is 6.54 Å². The van der Waals surface area contributed by atoms with Gasteiger partial charge >= 0.3 is 0 Å². The van der Waals surface area contributed by atoms with Gasteiger partial charge < -0.3 is 25.0 Å². The molecular formula is C27H30N4O3. The highest BCUT2D eigenvalue weighted by molar-refractivity contribution is 6.10. The molecular weight excluding hydrogens is 428 g/mol. The van der Waals surface area contributed by atoms with E-state index in [4.69, 9.17) is 4.74 Å². The number of carbonyl (C=O) groups is 1. The van der Waals surface area contributed by atoms with Gasteiger partial charge in [0.05, 0.1) is 16.9 Å². The summed E-state index contributed by atoms with van der Waals surface area (Å²) < 4.78 is 6.08. The Morgan fingerprint density at radius 3 is 2.56 bits per heavy atom. The maximum absolute atomic E-state index is 11.5. The molecule has 1 saturated heterocycles. The van der Waals surface area contributed by atoms with Crippen LogP contribution >= 0.6 is 0 Å². The van der Waals surface area contributed by atoms with Gasteiger partial charge in [-0.05, 0) is 30.3 Å². The van der Waals surface area contributed by atoms with Crippen LogP contribution in [0.2, 0.25) is 0 Å². The highest BCUT2D eigenvalue weighted by Crippen LogP contribution is 2.33. The van der Waals surface area contributed by atoms with Crippen LogP contribution in [-0.2, 0) is 4.79 Å². The molecule has 0 saturated carbocycles. The molecule has 1 aliphatic rings. The first-order valence-corrected chi connectivity index (χ1v) is 11.7. The number of nitrogens with one attached hydrogen (secondary N) is 2. The summed E-state index contributed by atoms with van der Waals surface area (Å²) in [5.41, 5.74) is 3.98. The number of piperazine rings is 1. The summed E-state index contributed by atoms with van der Waals surface area (Å²) in [7, 11) is 0. The average molecular weight is 459 g/mol. The van der Waals surface area contributed by atoms with E-state index in [1.807, 2.05) is 54.6 Å². The molecule has 0 aliphatic carbocycles. The zero-order chi connectivity index (χ0) is 23.5. The largest absolute Gasteiger partial charge is 0.490 e. The number of β-amino-alcohol motifs (C(OH)–C–C–N with tert-alkyl or cyclic N) is 1. The number of aromatic amines is 1. The fourth-order valence-electron chi connectivity index (χ4n) is 4.74. The number of aromatic nitrogens is 1. The second kappa shape index (κ2) is 9.75. The van der Waals surface area contributed by atoms with Crippen molar-refractivity contribution in [1.82, 2.24) is 9.88 Å². The minimum Gasteiger partial charge on any atom is -0.490 e. The summed E-state index contributed by atoms with van der Waals surface area (Å²) in [5, 5.41) is 15.8. The lowest BCUT2D eigenvalue weighted by atomic mass is 10.1. The van der Waals surface area contributed by atoms with E-state index in [9.17, 15) is 9.90 Å². The second-order valence-corrected chi connectivity index (χ2v) is 8.80. The number of carbonyl (C=O) groups excluding carboxylic acids is 1. The number of benzene rings is 3. The van der Waals surface area contributed by atoms with Gasteiger partial charge in [-0.2, -0.15) is 0 Å². The Kier molecular flexibility index (Phi) is 6.38. The standard InChI is InChI=1S/C27H30N4O3/c1-19(32)28-23-9-4-5-11-25(23)31-15-13-30(14-16-31)17-20(33)18-34-26-12-6-10-24-27(26)21-7-2-3-8-22(21)29-24/h2-12,20,29,33H,13-18H2,1H3,(H,28,32). The third kappa shape index (κ3) is 4.71. The Hall–Kier alpha value is -3.55. The molecule has 0 radical (unpaired) electrons. The van der Waals surface area contributed by atoms with E-state index in [1.54, 1.807) is 0 Å². The Balaban J connectivity index is 1.17. The zero-order valence-corrected chi connectivity index (χ0v) is 19.3. The number of aliphatic hydroxyl groups excluding tert-OH is 1. The van der Waals surface area contributed by atoms with Crippen molar-refractivity contribution in [3.63, 3.8) is 0 Å². The van der Waals surface area contributed by atoms with Crippen molar-refractivity contribution in [3.05, 3.63) is 66.7 Å². The lowest BCUT2D eigenvalue weighted by molar-refractivity contribution is -0.114. The number of H-pyrrole nitrogens is 1. The van der Waals surface area contributed by atoms with Gasteiger partial charge in [0, 0.05) is 55.9 Å². The predicted octanol–water partition coefficient (Wildman–Crippen LogP) is 3.84. The number of ether oxygens (including phenoxy) is 1. The van der Waals surface area contributed by atoms with Crippen LogP contribution in [0.3, 0.4) is 0 Å². The number of fused-ring (bicyclic) bond motifs is 3. The van der Waals surface area contributed by atoms with E-state index in [2.05, 4.69) is 32.2 Å². The SMILES string of the molecule is CC(=O)Nc1ccccc1N1CCN(CC(O)COc2cccc3[nH]c4ccccc4c23)CC1. The topological polar surface area (TPSA) is 80.8 Å².